The first kappa shape index (κ1) is 14.9. The molecule has 1 aromatic heterocycles. The van der Waals surface area contributed by atoms with Crippen LogP contribution in [0, 0.1) is 10.1 Å². The number of nitrogens with zero attached hydrogens (tertiary/aromatic N) is 1. The fourth-order valence-electron chi connectivity index (χ4n) is 1.53. The van der Waals surface area contributed by atoms with E-state index in [1.165, 1.54) is 36.4 Å². The SMILES string of the molecule is O=Cc1ccc(S(=O)(=O)NCc2ccc([N+](=O)[O-])cc2)o1. The van der Waals surface area contributed by atoms with Crippen molar-refractivity contribution in [2.75, 3.05) is 0 Å². The van der Waals surface area contributed by atoms with E-state index in [-0.39, 0.29) is 23.1 Å². The Labute approximate surface area is 119 Å². The van der Waals surface area contributed by atoms with E-state index in [2.05, 4.69) is 4.72 Å². The summed E-state index contributed by atoms with van der Waals surface area (Å²) in [5, 5.41) is 10.1. The van der Waals surface area contributed by atoms with E-state index in [0.29, 0.717) is 11.8 Å². The van der Waals surface area contributed by atoms with Crippen LogP contribution in [0.15, 0.2) is 45.9 Å². The maximum atomic E-state index is 11.9. The van der Waals surface area contributed by atoms with E-state index < -0.39 is 14.9 Å². The Morgan fingerprint density at radius 1 is 1.19 bits per heavy atom. The zero-order chi connectivity index (χ0) is 15.5. The number of non-ortho nitro benzene ring substituents is 1. The van der Waals surface area contributed by atoms with Gasteiger partial charge >= 0.3 is 0 Å². The van der Waals surface area contributed by atoms with Crippen LogP contribution in [0.4, 0.5) is 5.69 Å². The number of benzene rings is 1. The molecule has 110 valence electrons. The van der Waals surface area contributed by atoms with Crippen LogP contribution in [0.1, 0.15) is 16.1 Å². The molecule has 0 aliphatic carbocycles. The Hall–Kier alpha value is -2.52. The first-order chi connectivity index (χ1) is 9.92. The Bertz CT molecular complexity index is 763. The highest BCUT2D eigenvalue weighted by Gasteiger charge is 2.18. The predicted molar refractivity (Wildman–Crippen MR) is 71.2 cm³/mol. The molecule has 0 aliphatic heterocycles. The number of furan rings is 1. The van der Waals surface area contributed by atoms with Gasteiger partial charge in [-0.1, -0.05) is 12.1 Å². The van der Waals surface area contributed by atoms with Crippen molar-refractivity contribution in [3.63, 3.8) is 0 Å². The van der Waals surface area contributed by atoms with Gasteiger partial charge in [0.15, 0.2) is 12.0 Å². The van der Waals surface area contributed by atoms with Crippen LogP contribution in [0.25, 0.3) is 0 Å². The van der Waals surface area contributed by atoms with Gasteiger partial charge in [0, 0.05) is 18.7 Å². The summed E-state index contributed by atoms with van der Waals surface area (Å²) in [6.45, 7) is -0.0581. The normalized spacial score (nSPS) is 11.2. The molecule has 0 amide bonds. The lowest BCUT2D eigenvalue weighted by Gasteiger charge is -2.04. The molecule has 1 N–H and O–H groups in total. The zero-order valence-corrected chi connectivity index (χ0v) is 11.4. The standard InChI is InChI=1S/C12H10N2O6S/c15-8-11-5-6-12(20-11)21(18,19)13-7-9-1-3-10(4-2-9)14(16)17/h1-6,8,13H,7H2. The molecule has 0 saturated heterocycles. The van der Waals surface area contributed by atoms with Crippen molar-refractivity contribution in [2.24, 2.45) is 0 Å². The van der Waals surface area contributed by atoms with E-state index in [1.54, 1.807) is 0 Å². The number of sulfonamides is 1. The smallest absolute Gasteiger partial charge is 0.274 e. The molecular formula is C12H10N2O6S. The van der Waals surface area contributed by atoms with Crippen molar-refractivity contribution >= 4 is 22.0 Å². The number of carbonyl (C=O) groups is 1. The van der Waals surface area contributed by atoms with Crippen LogP contribution in [0.5, 0.6) is 0 Å². The molecule has 0 fully saturated rings. The van der Waals surface area contributed by atoms with Crippen molar-refractivity contribution < 1.29 is 22.6 Å². The summed E-state index contributed by atoms with van der Waals surface area (Å²) in [6, 6.07) is 7.86. The van der Waals surface area contributed by atoms with Gasteiger partial charge < -0.3 is 4.42 Å². The Morgan fingerprint density at radius 3 is 2.38 bits per heavy atom. The lowest BCUT2D eigenvalue weighted by atomic mass is 10.2. The Balaban J connectivity index is 2.07. The van der Waals surface area contributed by atoms with E-state index >= 15 is 0 Å². The molecule has 2 rings (SSSR count). The van der Waals surface area contributed by atoms with Gasteiger partial charge in [-0.25, -0.2) is 13.1 Å². The van der Waals surface area contributed by atoms with Gasteiger partial charge in [-0.3, -0.25) is 14.9 Å². The summed E-state index contributed by atoms with van der Waals surface area (Å²) < 4.78 is 30.9. The van der Waals surface area contributed by atoms with Crippen LogP contribution in [-0.2, 0) is 16.6 Å². The van der Waals surface area contributed by atoms with Gasteiger partial charge in [-0.05, 0) is 17.7 Å². The number of nitrogens with one attached hydrogen (secondary N) is 1. The lowest BCUT2D eigenvalue weighted by molar-refractivity contribution is -0.384. The van der Waals surface area contributed by atoms with Crippen LogP contribution < -0.4 is 4.72 Å². The number of nitro groups is 1. The van der Waals surface area contributed by atoms with Crippen molar-refractivity contribution in [2.45, 2.75) is 11.6 Å². The number of nitro benzene ring substituents is 1. The topological polar surface area (TPSA) is 120 Å². The van der Waals surface area contributed by atoms with Crippen LogP contribution >= 0.6 is 0 Å². The minimum atomic E-state index is -3.88. The fraction of sp³-hybridized carbons (Fsp3) is 0.0833. The summed E-state index contributed by atoms with van der Waals surface area (Å²) in [6.07, 6.45) is 0.398. The highest BCUT2D eigenvalue weighted by atomic mass is 32.2. The summed E-state index contributed by atoms with van der Waals surface area (Å²) in [7, 11) is -3.88. The molecule has 9 heteroatoms. The number of hydrogen-bond acceptors (Lipinski definition) is 6. The molecule has 1 heterocycles. The summed E-state index contributed by atoms with van der Waals surface area (Å²) >= 11 is 0. The first-order valence-electron chi connectivity index (χ1n) is 5.70. The van der Waals surface area contributed by atoms with Gasteiger partial charge in [-0.15, -0.1) is 0 Å². The number of carbonyl (C=O) groups excluding carboxylic acids is 1. The first-order valence-corrected chi connectivity index (χ1v) is 7.19. The molecule has 1 aromatic carbocycles. The average molecular weight is 310 g/mol. The largest absolute Gasteiger partial charge is 0.440 e. The maximum absolute atomic E-state index is 11.9. The molecule has 0 saturated carbocycles. The molecule has 8 nitrogen and oxygen atoms in total. The quantitative estimate of drug-likeness (QED) is 0.490. The van der Waals surface area contributed by atoms with E-state index in [1.807, 2.05) is 0 Å². The third kappa shape index (κ3) is 3.52. The summed E-state index contributed by atoms with van der Waals surface area (Å²) in [4.78, 5) is 20.4. The van der Waals surface area contributed by atoms with Crippen molar-refractivity contribution in [3.8, 4) is 0 Å². The minimum absolute atomic E-state index is 0.0581. The van der Waals surface area contributed by atoms with Crippen molar-refractivity contribution in [1.29, 1.82) is 0 Å². The van der Waals surface area contributed by atoms with Gasteiger partial charge in [-0.2, -0.15) is 0 Å². The second-order valence-electron chi connectivity index (χ2n) is 4.02. The zero-order valence-electron chi connectivity index (χ0n) is 10.6. The fourth-order valence-corrected chi connectivity index (χ4v) is 2.48. The van der Waals surface area contributed by atoms with Gasteiger partial charge in [0.25, 0.3) is 15.7 Å². The number of rotatable bonds is 6. The van der Waals surface area contributed by atoms with Gasteiger partial charge in [0.1, 0.15) is 0 Å². The highest BCUT2D eigenvalue weighted by molar-refractivity contribution is 7.89. The summed E-state index contributed by atoms with van der Waals surface area (Å²) in [5.74, 6) is -0.0919. The Morgan fingerprint density at radius 2 is 1.86 bits per heavy atom. The van der Waals surface area contributed by atoms with E-state index in [9.17, 15) is 23.3 Å². The van der Waals surface area contributed by atoms with Gasteiger partial charge in [0.2, 0.25) is 5.09 Å². The van der Waals surface area contributed by atoms with Crippen LogP contribution in [0.2, 0.25) is 0 Å². The predicted octanol–water partition coefficient (Wildman–Crippen LogP) is 1.48. The van der Waals surface area contributed by atoms with Crippen molar-refractivity contribution in [3.05, 3.63) is 57.8 Å². The van der Waals surface area contributed by atoms with Crippen molar-refractivity contribution in [1.82, 2.24) is 4.72 Å². The second-order valence-corrected chi connectivity index (χ2v) is 5.72. The third-order valence-electron chi connectivity index (χ3n) is 2.60. The summed E-state index contributed by atoms with van der Waals surface area (Å²) in [5.41, 5.74) is 0.467. The van der Waals surface area contributed by atoms with Crippen LogP contribution in [0.3, 0.4) is 0 Å². The second kappa shape index (κ2) is 5.85. The molecular weight excluding hydrogens is 300 g/mol. The Kier molecular flexibility index (Phi) is 4.15. The molecule has 0 unspecified atom stereocenters. The molecule has 0 atom stereocenters. The van der Waals surface area contributed by atoms with E-state index in [4.69, 9.17) is 4.42 Å². The highest BCUT2D eigenvalue weighted by Crippen LogP contribution is 2.15. The third-order valence-corrected chi connectivity index (χ3v) is 3.87. The minimum Gasteiger partial charge on any atom is -0.440 e. The molecule has 0 aliphatic rings. The number of hydrogen-bond donors (Lipinski definition) is 1. The molecule has 2 aromatic rings. The monoisotopic (exact) mass is 310 g/mol. The maximum Gasteiger partial charge on any atom is 0.274 e. The molecule has 0 spiro atoms. The average Bonchev–Trinajstić information content (AvgIpc) is 2.95. The lowest BCUT2D eigenvalue weighted by Crippen LogP contribution is -2.22. The van der Waals surface area contributed by atoms with Crippen LogP contribution in [-0.4, -0.2) is 19.6 Å². The number of aldehydes is 1. The van der Waals surface area contributed by atoms with Gasteiger partial charge in [0.05, 0.1) is 4.92 Å². The molecule has 21 heavy (non-hydrogen) atoms. The molecule has 0 radical (unpaired) electrons. The molecule has 0 bridgehead atoms. The van der Waals surface area contributed by atoms with E-state index in [0.717, 1.165) is 0 Å².